The predicted molar refractivity (Wildman–Crippen MR) is 70.0 cm³/mol. The Kier molecular flexibility index (Phi) is 2.91. The monoisotopic (exact) mass is 230 g/mol. The fraction of sp³-hybridized carbons (Fsp3) is 0.667. The van der Waals surface area contributed by atoms with Crippen LogP contribution < -0.4 is 5.32 Å². The number of hydrogen-bond donors (Lipinski definition) is 1. The summed E-state index contributed by atoms with van der Waals surface area (Å²) in [6, 6.07) is 5.24. The van der Waals surface area contributed by atoms with E-state index in [1.54, 1.807) is 0 Å². The highest BCUT2D eigenvalue weighted by Crippen LogP contribution is 2.45. The van der Waals surface area contributed by atoms with Gasteiger partial charge in [-0.25, -0.2) is 0 Å². The van der Waals surface area contributed by atoms with Crippen LogP contribution in [0.5, 0.6) is 0 Å². The number of nitrogens with one attached hydrogen (secondary N) is 1. The molecule has 0 aromatic carbocycles. The molecule has 2 unspecified atom stereocenters. The minimum Gasteiger partial charge on any atom is -0.313 e. The molecule has 2 fully saturated rings. The van der Waals surface area contributed by atoms with E-state index in [0.717, 1.165) is 18.5 Å². The zero-order chi connectivity index (χ0) is 11.7. The van der Waals surface area contributed by atoms with Gasteiger partial charge in [0.2, 0.25) is 0 Å². The van der Waals surface area contributed by atoms with Crippen LogP contribution in [0.25, 0.3) is 0 Å². The van der Waals surface area contributed by atoms with Crippen molar-refractivity contribution in [2.75, 3.05) is 6.54 Å². The van der Waals surface area contributed by atoms with Gasteiger partial charge in [0.15, 0.2) is 0 Å². The van der Waals surface area contributed by atoms with Gasteiger partial charge in [-0.05, 0) is 49.3 Å². The van der Waals surface area contributed by atoms with Crippen LogP contribution >= 0.6 is 0 Å². The van der Waals surface area contributed by atoms with Crippen molar-refractivity contribution >= 4 is 0 Å². The molecule has 2 nitrogen and oxygen atoms in total. The summed E-state index contributed by atoms with van der Waals surface area (Å²) in [5.74, 6) is 0.788. The Hall–Kier alpha value is -0.890. The molecule has 1 aromatic rings. The third-order valence-corrected chi connectivity index (χ3v) is 4.74. The van der Waals surface area contributed by atoms with E-state index in [0.29, 0.717) is 5.41 Å². The molecule has 0 amide bonds. The van der Waals surface area contributed by atoms with E-state index in [-0.39, 0.29) is 0 Å². The van der Waals surface area contributed by atoms with Gasteiger partial charge < -0.3 is 5.32 Å². The van der Waals surface area contributed by atoms with Crippen LogP contribution in [0.3, 0.4) is 0 Å². The van der Waals surface area contributed by atoms with Gasteiger partial charge >= 0.3 is 0 Å². The fourth-order valence-electron chi connectivity index (χ4n) is 3.34. The van der Waals surface area contributed by atoms with Crippen molar-refractivity contribution in [3.8, 4) is 0 Å². The predicted octanol–water partition coefficient (Wildman–Crippen LogP) is 2.89. The Morgan fingerprint density at radius 3 is 2.65 bits per heavy atom. The molecule has 2 atom stereocenters. The summed E-state index contributed by atoms with van der Waals surface area (Å²) >= 11 is 0. The molecule has 1 heterocycles. The van der Waals surface area contributed by atoms with Crippen molar-refractivity contribution in [1.82, 2.24) is 10.3 Å². The van der Waals surface area contributed by atoms with E-state index in [2.05, 4.69) is 29.4 Å². The van der Waals surface area contributed by atoms with Crippen LogP contribution in [-0.4, -0.2) is 17.6 Å². The molecular weight excluding hydrogens is 208 g/mol. The number of pyridine rings is 1. The van der Waals surface area contributed by atoms with E-state index in [1.165, 1.54) is 37.7 Å². The second-order valence-electron chi connectivity index (χ2n) is 5.84. The Morgan fingerprint density at radius 2 is 2.06 bits per heavy atom. The van der Waals surface area contributed by atoms with Gasteiger partial charge in [-0.15, -0.1) is 0 Å². The van der Waals surface area contributed by atoms with Gasteiger partial charge in [0, 0.05) is 30.4 Å². The molecule has 1 N–H and O–H groups in total. The van der Waals surface area contributed by atoms with Crippen molar-refractivity contribution in [3.05, 3.63) is 30.1 Å². The van der Waals surface area contributed by atoms with Gasteiger partial charge in [-0.3, -0.25) is 4.98 Å². The average molecular weight is 230 g/mol. The molecule has 2 aliphatic rings. The quantitative estimate of drug-likeness (QED) is 0.860. The van der Waals surface area contributed by atoms with Crippen molar-refractivity contribution in [3.63, 3.8) is 0 Å². The second-order valence-corrected chi connectivity index (χ2v) is 5.84. The van der Waals surface area contributed by atoms with E-state index in [1.807, 2.05) is 12.4 Å². The van der Waals surface area contributed by atoms with Crippen LogP contribution in [0.1, 0.15) is 44.6 Å². The molecule has 3 rings (SSSR count). The number of hydrogen-bond acceptors (Lipinski definition) is 2. The maximum absolute atomic E-state index is 4.16. The molecule has 1 aromatic heterocycles. The topological polar surface area (TPSA) is 24.9 Å². The van der Waals surface area contributed by atoms with E-state index >= 15 is 0 Å². The first-order chi connectivity index (χ1) is 8.31. The van der Waals surface area contributed by atoms with Crippen molar-refractivity contribution in [2.45, 2.75) is 50.5 Å². The Labute approximate surface area is 104 Å². The highest BCUT2D eigenvalue weighted by Gasteiger charge is 2.42. The first kappa shape index (κ1) is 11.2. The third-order valence-electron chi connectivity index (χ3n) is 4.74. The summed E-state index contributed by atoms with van der Waals surface area (Å²) < 4.78 is 0. The minimum atomic E-state index is 0.367. The summed E-state index contributed by atoms with van der Waals surface area (Å²) in [5.41, 5.74) is 1.86. The summed E-state index contributed by atoms with van der Waals surface area (Å²) in [4.78, 5) is 4.16. The molecule has 0 saturated heterocycles. The number of aromatic nitrogens is 1. The van der Waals surface area contributed by atoms with Gasteiger partial charge in [-0.2, -0.15) is 0 Å². The SMILES string of the molecule is CC1CCCC1(CNC1CC1)c1ccncc1. The Bertz CT molecular complexity index is 372. The molecule has 0 bridgehead atoms. The fourth-order valence-corrected chi connectivity index (χ4v) is 3.34. The molecule has 0 spiro atoms. The lowest BCUT2D eigenvalue weighted by Gasteiger charge is -2.35. The molecule has 2 heteroatoms. The highest BCUT2D eigenvalue weighted by atomic mass is 15.0. The molecular formula is C15H22N2. The van der Waals surface area contributed by atoms with Crippen LogP contribution in [0.4, 0.5) is 0 Å². The zero-order valence-corrected chi connectivity index (χ0v) is 10.7. The second kappa shape index (κ2) is 4.41. The maximum Gasteiger partial charge on any atom is 0.0270 e. The smallest absolute Gasteiger partial charge is 0.0270 e. The Morgan fingerprint density at radius 1 is 1.29 bits per heavy atom. The van der Waals surface area contributed by atoms with Gasteiger partial charge in [-0.1, -0.05) is 13.3 Å². The van der Waals surface area contributed by atoms with Gasteiger partial charge in [0.05, 0.1) is 0 Å². The number of nitrogens with zero attached hydrogens (tertiary/aromatic N) is 1. The van der Waals surface area contributed by atoms with Crippen LogP contribution in [-0.2, 0) is 5.41 Å². The normalized spacial score (nSPS) is 32.9. The summed E-state index contributed by atoms with van der Waals surface area (Å²) in [7, 11) is 0. The molecule has 0 aliphatic heterocycles. The van der Waals surface area contributed by atoms with Gasteiger partial charge in [0.25, 0.3) is 0 Å². The lowest BCUT2D eigenvalue weighted by molar-refractivity contribution is 0.316. The summed E-state index contributed by atoms with van der Waals surface area (Å²) in [6.45, 7) is 3.57. The van der Waals surface area contributed by atoms with Crippen LogP contribution in [0.2, 0.25) is 0 Å². The first-order valence-corrected chi connectivity index (χ1v) is 6.95. The number of rotatable bonds is 4. The summed E-state index contributed by atoms with van der Waals surface area (Å²) in [5, 5.41) is 3.75. The third kappa shape index (κ3) is 2.11. The maximum atomic E-state index is 4.16. The van der Waals surface area contributed by atoms with Gasteiger partial charge in [0.1, 0.15) is 0 Å². The van der Waals surface area contributed by atoms with Crippen LogP contribution in [0, 0.1) is 5.92 Å². The molecule has 17 heavy (non-hydrogen) atoms. The minimum absolute atomic E-state index is 0.367. The lowest BCUT2D eigenvalue weighted by Crippen LogP contribution is -2.41. The summed E-state index contributed by atoms with van der Waals surface area (Å²) in [6.07, 6.45) is 10.7. The standard InChI is InChI=1S/C15H22N2/c1-12-3-2-8-15(12,11-17-14-4-5-14)13-6-9-16-10-7-13/h6-7,9-10,12,14,17H,2-5,8,11H2,1H3. The molecule has 92 valence electrons. The zero-order valence-electron chi connectivity index (χ0n) is 10.7. The van der Waals surface area contributed by atoms with E-state index in [4.69, 9.17) is 0 Å². The van der Waals surface area contributed by atoms with E-state index in [9.17, 15) is 0 Å². The van der Waals surface area contributed by atoms with Crippen molar-refractivity contribution in [1.29, 1.82) is 0 Å². The Balaban J connectivity index is 1.84. The van der Waals surface area contributed by atoms with Crippen molar-refractivity contribution < 1.29 is 0 Å². The van der Waals surface area contributed by atoms with E-state index < -0.39 is 0 Å². The van der Waals surface area contributed by atoms with Crippen LogP contribution in [0.15, 0.2) is 24.5 Å². The highest BCUT2D eigenvalue weighted by molar-refractivity contribution is 5.26. The lowest BCUT2D eigenvalue weighted by atomic mass is 9.73. The largest absolute Gasteiger partial charge is 0.313 e. The molecule has 2 saturated carbocycles. The first-order valence-electron chi connectivity index (χ1n) is 6.95. The molecule has 2 aliphatic carbocycles. The van der Waals surface area contributed by atoms with Crippen molar-refractivity contribution in [2.24, 2.45) is 5.92 Å². The average Bonchev–Trinajstić information content (AvgIpc) is 3.12. The molecule has 0 radical (unpaired) electrons.